The molecule has 0 fully saturated rings. The van der Waals surface area contributed by atoms with Crippen LogP contribution in [0.1, 0.15) is 24.1 Å². The zero-order chi connectivity index (χ0) is 13.1. The highest BCUT2D eigenvalue weighted by molar-refractivity contribution is 14.1. The van der Waals surface area contributed by atoms with Gasteiger partial charge in [0.25, 0.3) is 0 Å². The van der Waals surface area contributed by atoms with Crippen molar-refractivity contribution < 1.29 is 4.39 Å². The number of nitrogens with zero attached hydrogens (tertiary/aromatic N) is 1. The molecule has 0 saturated carbocycles. The highest BCUT2D eigenvalue weighted by atomic mass is 127. The molecule has 4 heteroatoms. The summed E-state index contributed by atoms with van der Waals surface area (Å²) < 4.78 is 14.3. The molecule has 1 unspecified atom stereocenters. The minimum absolute atomic E-state index is 0.0201. The lowest BCUT2D eigenvalue weighted by Crippen LogP contribution is -2.07. The summed E-state index contributed by atoms with van der Waals surface area (Å²) in [5.74, 6) is -0.306. The fraction of sp³-hybridized carbons (Fsp3) is 0.214. The summed E-state index contributed by atoms with van der Waals surface area (Å²) in [5.41, 5.74) is 3.12. The second-order valence-electron chi connectivity index (χ2n) is 4.27. The van der Waals surface area contributed by atoms with E-state index in [-0.39, 0.29) is 11.9 Å². The number of rotatable bonds is 3. The summed E-state index contributed by atoms with van der Waals surface area (Å²) in [7, 11) is 0. The lowest BCUT2D eigenvalue weighted by Gasteiger charge is -2.16. The molecular formula is C14H14FIN2. The predicted molar refractivity (Wildman–Crippen MR) is 80.1 cm³/mol. The number of halogens is 2. The van der Waals surface area contributed by atoms with E-state index < -0.39 is 0 Å². The Morgan fingerprint density at radius 1 is 1.28 bits per heavy atom. The standard InChI is InChI=1S/C14H14FIN2/c1-9-3-4-13(6-14(9)16)18-10(2)11-5-12(15)8-17-7-11/h3-8,10,18H,1-2H3. The minimum atomic E-state index is -0.306. The van der Waals surface area contributed by atoms with Gasteiger partial charge in [0, 0.05) is 15.5 Å². The van der Waals surface area contributed by atoms with Crippen LogP contribution in [0.5, 0.6) is 0 Å². The van der Waals surface area contributed by atoms with Crippen LogP contribution < -0.4 is 5.32 Å². The van der Waals surface area contributed by atoms with E-state index in [1.807, 2.05) is 13.0 Å². The number of pyridine rings is 1. The van der Waals surface area contributed by atoms with Crippen LogP contribution in [-0.4, -0.2) is 4.98 Å². The molecule has 0 radical (unpaired) electrons. The molecule has 18 heavy (non-hydrogen) atoms. The third-order valence-corrected chi connectivity index (χ3v) is 3.94. The maximum Gasteiger partial charge on any atom is 0.141 e. The number of nitrogens with one attached hydrogen (secondary N) is 1. The lowest BCUT2D eigenvalue weighted by molar-refractivity contribution is 0.616. The molecule has 0 aliphatic heterocycles. The summed E-state index contributed by atoms with van der Waals surface area (Å²) >= 11 is 2.30. The molecule has 1 N–H and O–H groups in total. The molecule has 2 aromatic rings. The van der Waals surface area contributed by atoms with Gasteiger partial charge in [-0.3, -0.25) is 4.98 Å². The normalized spacial score (nSPS) is 12.2. The van der Waals surface area contributed by atoms with Crippen LogP contribution in [0.15, 0.2) is 36.7 Å². The van der Waals surface area contributed by atoms with E-state index in [1.54, 1.807) is 6.20 Å². The van der Waals surface area contributed by atoms with Gasteiger partial charge >= 0.3 is 0 Å². The van der Waals surface area contributed by atoms with Crippen molar-refractivity contribution in [2.75, 3.05) is 5.32 Å². The molecule has 0 aliphatic carbocycles. The molecular weight excluding hydrogens is 342 g/mol. The largest absolute Gasteiger partial charge is 0.378 e. The van der Waals surface area contributed by atoms with Gasteiger partial charge in [-0.2, -0.15) is 0 Å². The van der Waals surface area contributed by atoms with Gasteiger partial charge in [-0.25, -0.2) is 4.39 Å². The van der Waals surface area contributed by atoms with Gasteiger partial charge in [0.05, 0.1) is 12.2 Å². The molecule has 0 saturated heterocycles. The Hall–Kier alpha value is -1.17. The zero-order valence-electron chi connectivity index (χ0n) is 10.2. The quantitative estimate of drug-likeness (QED) is 0.830. The van der Waals surface area contributed by atoms with Crippen LogP contribution in [0.4, 0.5) is 10.1 Å². The first-order chi connectivity index (χ1) is 8.56. The Kier molecular flexibility index (Phi) is 4.16. The predicted octanol–water partition coefficient (Wildman–Crippen LogP) is 4.31. The maximum absolute atomic E-state index is 13.1. The number of hydrogen-bond donors (Lipinski definition) is 1. The van der Waals surface area contributed by atoms with Crippen molar-refractivity contribution in [1.82, 2.24) is 4.98 Å². The Labute approximate surface area is 120 Å². The van der Waals surface area contributed by atoms with Crippen LogP contribution in [0.25, 0.3) is 0 Å². The van der Waals surface area contributed by atoms with Crippen molar-refractivity contribution in [2.24, 2.45) is 0 Å². The van der Waals surface area contributed by atoms with E-state index >= 15 is 0 Å². The van der Waals surface area contributed by atoms with Gasteiger partial charge in [-0.15, -0.1) is 0 Å². The molecule has 0 spiro atoms. The van der Waals surface area contributed by atoms with Crippen LogP contribution in [0.2, 0.25) is 0 Å². The molecule has 0 aliphatic rings. The van der Waals surface area contributed by atoms with Gasteiger partial charge in [-0.1, -0.05) is 6.07 Å². The lowest BCUT2D eigenvalue weighted by atomic mass is 10.1. The van der Waals surface area contributed by atoms with Gasteiger partial charge < -0.3 is 5.32 Å². The van der Waals surface area contributed by atoms with Gasteiger partial charge in [0.1, 0.15) is 5.82 Å². The van der Waals surface area contributed by atoms with Crippen LogP contribution in [0.3, 0.4) is 0 Å². The first kappa shape index (κ1) is 13.3. The Morgan fingerprint density at radius 3 is 2.72 bits per heavy atom. The molecule has 2 rings (SSSR count). The molecule has 0 amide bonds. The molecule has 1 aromatic carbocycles. The molecule has 94 valence electrons. The van der Waals surface area contributed by atoms with Crippen LogP contribution in [-0.2, 0) is 0 Å². The number of aromatic nitrogens is 1. The summed E-state index contributed by atoms with van der Waals surface area (Å²) in [6.45, 7) is 4.06. The number of benzene rings is 1. The van der Waals surface area contributed by atoms with E-state index in [9.17, 15) is 4.39 Å². The van der Waals surface area contributed by atoms with E-state index in [1.165, 1.54) is 21.4 Å². The van der Waals surface area contributed by atoms with Crippen LogP contribution in [0, 0.1) is 16.3 Å². The Morgan fingerprint density at radius 2 is 2.06 bits per heavy atom. The first-order valence-corrected chi connectivity index (χ1v) is 6.77. The van der Waals surface area contributed by atoms with Gasteiger partial charge in [0.15, 0.2) is 0 Å². The summed E-state index contributed by atoms with van der Waals surface area (Å²) in [6, 6.07) is 7.70. The topological polar surface area (TPSA) is 24.9 Å². The third kappa shape index (κ3) is 3.19. The molecule has 1 heterocycles. The first-order valence-electron chi connectivity index (χ1n) is 5.69. The van der Waals surface area contributed by atoms with Gasteiger partial charge in [-0.05, 0) is 65.8 Å². The van der Waals surface area contributed by atoms with E-state index in [0.29, 0.717) is 0 Å². The second-order valence-corrected chi connectivity index (χ2v) is 5.43. The SMILES string of the molecule is Cc1ccc(NC(C)c2cncc(F)c2)cc1I. The fourth-order valence-corrected chi connectivity index (χ4v) is 2.20. The third-order valence-electron chi connectivity index (χ3n) is 2.78. The number of anilines is 1. The average molecular weight is 356 g/mol. The fourth-order valence-electron chi connectivity index (χ4n) is 1.68. The monoisotopic (exact) mass is 356 g/mol. The van der Waals surface area contributed by atoms with Crippen LogP contribution >= 0.6 is 22.6 Å². The van der Waals surface area contributed by atoms with E-state index in [4.69, 9.17) is 0 Å². The number of aryl methyl sites for hydroxylation is 1. The summed E-state index contributed by atoms with van der Waals surface area (Å²) in [5, 5.41) is 3.34. The summed E-state index contributed by atoms with van der Waals surface area (Å²) in [6.07, 6.45) is 2.89. The molecule has 0 bridgehead atoms. The average Bonchev–Trinajstić information content (AvgIpc) is 2.34. The number of hydrogen-bond acceptors (Lipinski definition) is 2. The van der Waals surface area contributed by atoms with Crippen molar-refractivity contribution in [2.45, 2.75) is 19.9 Å². The molecule has 1 atom stereocenters. The Balaban J connectivity index is 2.16. The zero-order valence-corrected chi connectivity index (χ0v) is 12.4. The van der Waals surface area contributed by atoms with Crippen molar-refractivity contribution in [1.29, 1.82) is 0 Å². The molecule has 2 nitrogen and oxygen atoms in total. The van der Waals surface area contributed by atoms with Gasteiger partial charge in [0.2, 0.25) is 0 Å². The van der Waals surface area contributed by atoms with E-state index in [0.717, 1.165) is 11.3 Å². The highest BCUT2D eigenvalue weighted by Gasteiger charge is 2.07. The van der Waals surface area contributed by atoms with Crippen molar-refractivity contribution >= 4 is 28.3 Å². The minimum Gasteiger partial charge on any atom is -0.378 e. The van der Waals surface area contributed by atoms with Crippen molar-refractivity contribution in [3.05, 3.63) is 57.2 Å². The molecule has 1 aromatic heterocycles. The van der Waals surface area contributed by atoms with E-state index in [2.05, 4.69) is 51.9 Å². The smallest absolute Gasteiger partial charge is 0.141 e. The van der Waals surface area contributed by atoms with Crippen molar-refractivity contribution in [3.8, 4) is 0 Å². The summed E-state index contributed by atoms with van der Waals surface area (Å²) in [4.78, 5) is 3.86. The Bertz CT molecular complexity index is 557. The highest BCUT2D eigenvalue weighted by Crippen LogP contribution is 2.22. The maximum atomic E-state index is 13.1. The second kappa shape index (κ2) is 5.65. The van der Waals surface area contributed by atoms with Crippen molar-refractivity contribution in [3.63, 3.8) is 0 Å².